The molecule has 2 aliphatic heterocycles. The minimum Gasteiger partial charge on any atom is -0.454 e. The Morgan fingerprint density at radius 2 is 1.80 bits per heavy atom. The second-order valence-electron chi connectivity index (χ2n) is 7.86. The standard InChI is InChI=1S/C25H17Cl2FN4O3/c1-14-13-29-32(25(34)30-14)18-11-21(26)23(22(27)12-18)35-19-5-6-20-15(9-19)7-8-31(24(20)33)17-4-2-3-16(28)10-17/h2-6,9-13H,1,7-8H2,(H,30,34). The van der Waals surface area contributed by atoms with E-state index in [0.29, 0.717) is 41.4 Å². The molecule has 0 atom stereocenters. The number of hydrogen-bond donors (Lipinski definition) is 1. The largest absolute Gasteiger partial charge is 0.454 e. The van der Waals surface area contributed by atoms with Gasteiger partial charge in [0.15, 0.2) is 5.75 Å². The lowest BCUT2D eigenvalue weighted by atomic mass is 9.98. The first-order valence-electron chi connectivity index (χ1n) is 10.5. The van der Waals surface area contributed by atoms with Crippen LogP contribution in [0.4, 0.5) is 20.6 Å². The van der Waals surface area contributed by atoms with Crippen LogP contribution >= 0.6 is 23.2 Å². The van der Waals surface area contributed by atoms with Crippen LogP contribution in [0.3, 0.4) is 0 Å². The number of rotatable bonds is 4. The summed E-state index contributed by atoms with van der Waals surface area (Å²) in [7, 11) is 0. The lowest BCUT2D eigenvalue weighted by Gasteiger charge is -2.29. The maximum Gasteiger partial charge on any atom is 0.347 e. The summed E-state index contributed by atoms with van der Waals surface area (Å²) in [6.45, 7) is 4.03. The Kier molecular flexibility index (Phi) is 5.92. The lowest BCUT2D eigenvalue weighted by molar-refractivity contribution is 0.0980. The SMILES string of the molecule is C=C1C=NN(c2cc(Cl)c(Oc3ccc4c(c3)CCN(c3cccc(F)c3)C4=O)c(Cl)c2)C(=O)N1. The van der Waals surface area contributed by atoms with E-state index in [0.717, 1.165) is 10.6 Å². The average Bonchev–Trinajstić information content (AvgIpc) is 2.81. The highest BCUT2D eigenvalue weighted by atomic mass is 35.5. The van der Waals surface area contributed by atoms with Crippen molar-refractivity contribution in [2.45, 2.75) is 6.42 Å². The van der Waals surface area contributed by atoms with E-state index in [2.05, 4.69) is 17.0 Å². The monoisotopic (exact) mass is 510 g/mol. The van der Waals surface area contributed by atoms with Gasteiger partial charge in [0, 0.05) is 17.8 Å². The first-order chi connectivity index (χ1) is 16.8. The summed E-state index contributed by atoms with van der Waals surface area (Å²) in [6.07, 6.45) is 1.96. The molecule has 0 aliphatic carbocycles. The van der Waals surface area contributed by atoms with Crippen molar-refractivity contribution in [3.8, 4) is 11.5 Å². The molecule has 0 unspecified atom stereocenters. The number of urea groups is 1. The molecular weight excluding hydrogens is 494 g/mol. The summed E-state index contributed by atoms with van der Waals surface area (Å²) in [6, 6.07) is 13.5. The fourth-order valence-electron chi connectivity index (χ4n) is 3.89. The molecule has 3 aromatic rings. The lowest BCUT2D eigenvalue weighted by Crippen LogP contribution is -2.40. The van der Waals surface area contributed by atoms with E-state index in [9.17, 15) is 14.0 Å². The van der Waals surface area contributed by atoms with Gasteiger partial charge in [-0.1, -0.05) is 35.8 Å². The Labute approximate surface area is 210 Å². The summed E-state index contributed by atoms with van der Waals surface area (Å²) in [4.78, 5) is 26.7. The molecule has 2 heterocycles. The van der Waals surface area contributed by atoms with Gasteiger partial charge in [-0.3, -0.25) is 4.79 Å². The minimum absolute atomic E-state index is 0.172. The van der Waals surface area contributed by atoms with Crippen LogP contribution in [0, 0.1) is 5.82 Å². The molecule has 5 rings (SSSR count). The number of amides is 3. The molecule has 0 saturated carbocycles. The van der Waals surface area contributed by atoms with E-state index in [1.165, 1.54) is 30.5 Å². The Hall–Kier alpha value is -3.88. The number of halogens is 3. The molecule has 0 spiro atoms. The van der Waals surface area contributed by atoms with Gasteiger partial charge in [0.2, 0.25) is 0 Å². The third-order valence-corrected chi connectivity index (χ3v) is 6.07. The highest BCUT2D eigenvalue weighted by molar-refractivity contribution is 6.37. The first-order valence-corrected chi connectivity index (χ1v) is 11.3. The van der Waals surface area contributed by atoms with Crippen LogP contribution in [0.25, 0.3) is 0 Å². The van der Waals surface area contributed by atoms with Gasteiger partial charge in [-0.25, -0.2) is 9.18 Å². The van der Waals surface area contributed by atoms with Gasteiger partial charge in [-0.15, -0.1) is 0 Å². The summed E-state index contributed by atoms with van der Waals surface area (Å²) in [5.74, 6) is 0.0263. The number of hydrazone groups is 1. The predicted molar refractivity (Wildman–Crippen MR) is 133 cm³/mol. The van der Waals surface area contributed by atoms with Crippen LogP contribution in [0.1, 0.15) is 15.9 Å². The van der Waals surface area contributed by atoms with E-state index >= 15 is 0 Å². The first kappa shape index (κ1) is 22.9. The number of carbonyl (C=O) groups is 2. The van der Waals surface area contributed by atoms with Crippen molar-refractivity contribution in [2.75, 3.05) is 16.5 Å². The van der Waals surface area contributed by atoms with Gasteiger partial charge in [0.05, 0.1) is 27.6 Å². The number of hydrogen-bond acceptors (Lipinski definition) is 4. The van der Waals surface area contributed by atoms with E-state index in [-0.39, 0.29) is 21.7 Å². The highest BCUT2D eigenvalue weighted by Gasteiger charge is 2.27. The number of anilines is 2. The summed E-state index contributed by atoms with van der Waals surface area (Å²) < 4.78 is 19.6. The average molecular weight is 511 g/mol. The van der Waals surface area contributed by atoms with Gasteiger partial charge >= 0.3 is 6.03 Å². The molecule has 0 saturated heterocycles. The third kappa shape index (κ3) is 4.45. The van der Waals surface area contributed by atoms with E-state index in [4.69, 9.17) is 27.9 Å². The summed E-state index contributed by atoms with van der Waals surface area (Å²) >= 11 is 12.8. The number of allylic oxidation sites excluding steroid dienone is 1. The molecule has 35 heavy (non-hydrogen) atoms. The smallest absolute Gasteiger partial charge is 0.347 e. The maximum atomic E-state index is 13.6. The minimum atomic E-state index is -0.495. The van der Waals surface area contributed by atoms with Crippen LogP contribution in [-0.2, 0) is 6.42 Å². The number of carbonyl (C=O) groups excluding carboxylic acids is 2. The van der Waals surface area contributed by atoms with Crippen molar-refractivity contribution in [1.29, 1.82) is 0 Å². The number of ether oxygens (including phenoxy) is 1. The van der Waals surface area contributed by atoms with E-state index in [1.807, 2.05) is 0 Å². The van der Waals surface area contributed by atoms with Crippen LogP contribution in [-0.4, -0.2) is 24.7 Å². The normalized spacial score (nSPS) is 15.2. The van der Waals surface area contributed by atoms with Gasteiger partial charge in [-0.2, -0.15) is 10.1 Å². The molecule has 2 aliphatic rings. The Morgan fingerprint density at radius 1 is 1.03 bits per heavy atom. The van der Waals surface area contributed by atoms with E-state index < -0.39 is 11.8 Å². The van der Waals surface area contributed by atoms with Crippen molar-refractivity contribution >= 4 is 52.7 Å². The molecule has 0 radical (unpaired) electrons. The van der Waals surface area contributed by atoms with Crippen LogP contribution in [0.15, 0.2) is 72.0 Å². The Balaban J connectivity index is 1.38. The third-order valence-electron chi connectivity index (χ3n) is 5.51. The Bertz CT molecular complexity index is 1400. The molecule has 176 valence electrons. The zero-order valence-electron chi connectivity index (χ0n) is 18.1. The zero-order valence-corrected chi connectivity index (χ0v) is 19.6. The summed E-state index contributed by atoms with van der Waals surface area (Å²) in [5.41, 5.74) is 2.53. The van der Waals surface area contributed by atoms with Crippen LogP contribution in [0.5, 0.6) is 11.5 Å². The second-order valence-corrected chi connectivity index (χ2v) is 8.67. The molecule has 3 aromatic carbocycles. The zero-order chi connectivity index (χ0) is 24.7. The fraction of sp³-hybridized carbons (Fsp3) is 0.0800. The number of nitrogens with one attached hydrogen (secondary N) is 1. The molecule has 3 amide bonds. The molecule has 0 aromatic heterocycles. The highest BCUT2D eigenvalue weighted by Crippen LogP contribution is 2.41. The summed E-state index contributed by atoms with van der Waals surface area (Å²) in [5, 5.41) is 8.02. The van der Waals surface area contributed by atoms with Crippen LogP contribution in [0.2, 0.25) is 10.0 Å². The fourth-order valence-corrected chi connectivity index (χ4v) is 4.44. The van der Waals surface area contributed by atoms with Crippen molar-refractivity contribution in [3.05, 3.63) is 93.9 Å². The van der Waals surface area contributed by atoms with Crippen molar-refractivity contribution in [2.24, 2.45) is 5.10 Å². The molecular formula is C25H17Cl2FN4O3. The maximum absolute atomic E-state index is 13.6. The Morgan fingerprint density at radius 3 is 2.51 bits per heavy atom. The van der Waals surface area contributed by atoms with Gasteiger partial charge in [0.25, 0.3) is 5.91 Å². The van der Waals surface area contributed by atoms with E-state index in [1.54, 1.807) is 35.2 Å². The van der Waals surface area contributed by atoms with Crippen molar-refractivity contribution in [1.82, 2.24) is 5.32 Å². The molecule has 0 bridgehead atoms. The number of benzene rings is 3. The van der Waals surface area contributed by atoms with Gasteiger partial charge < -0.3 is 15.0 Å². The number of fused-ring (bicyclic) bond motifs is 1. The van der Waals surface area contributed by atoms with Gasteiger partial charge in [-0.05, 0) is 60.5 Å². The number of nitrogens with zero attached hydrogens (tertiary/aromatic N) is 3. The quantitative estimate of drug-likeness (QED) is 0.456. The second kappa shape index (κ2) is 9.05. The topological polar surface area (TPSA) is 74.2 Å². The molecule has 0 fully saturated rings. The van der Waals surface area contributed by atoms with Crippen LogP contribution < -0.4 is 20.0 Å². The van der Waals surface area contributed by atoms with Crippen molar-refractivity contribution < 1.29 is 18.7 Å². The van der Waals surface area contributed by atoms with Crippen molar-refractivity contribution in [3.63, 3.8) is 0 Å². The predicted octanol–water partition coefficient (Wildman–Crippen LogP) is 6.16. The molecule has 7 nitrogen and oxygen atoms in total. The van der Waals surface area contributed by atoms with Gasteiger partial charge in [0.1, 0.15) is 11.6 Å². The molecule has 10 heteroatoms. The molecule has 1 N–H and O–H groups in total.